The normalized spacial score (nSPS) is 13.6. The lowest BCUT2D eigenvalue weighted by molar-refractivity contribution is 0.528. The van der Waals surface area contributed by atoms with Crippen LogP contribution in [0.4, 0.5) is 5.69 Å². The van der Waals surface area contributed by atoms with Crippen molar-refractivity contribution >= 4 is 31.6 Å². The number of halogens is 1. The zero-order valence-electron chi connectivity index (χ0n) is 9.90. The monoisotopic (exact) mass is 320 g/mol. The molecule has 96 valence electrons. The van der Waals surface area contributed by atoms with Crippen LogP contribution in [0.2, 0.25) is 0 Å². The maximum atomic E-state index is 12.0. The summed E-state index contributed by atoms with van der Waals surface area (Å²) in [6.45, 7) is 4.44. The van der Waals surface area contributed by atoms with E-state index in [1.807, 2.05) is 13.8 Å². The summed E-state index contributed by atoms with van der Waals surface area (Å²) < 4.78 is 27.3. The first-order valence-corrected chi connectivity index (χ1v) is 7.69. The minimum absolute atomic E-state index is 0.129. The van der Waals surface area contributed by atoms with E-state index in [1.165, 1.54) is 6.07 Å². The zero-order chi connectivity index (χ0) is 13.1. The minimum Gasteiger partial charge on any atom is -0.398 e. The van der Waals surface area contributed by atoms with E-state index in [1.54, 1.807) is 12.1 Å². The fourth-order valence-electron chi connectivity index (χ4n) is 1.24. The number of nitrogens with two attached hydrogens (primary N) is 1. The first kappa shape index (κ1) is 14.5. The second-order valence-corrected chi connectivity index (χ2v) is 6.70. The summed E-state index contributed by atoms with van der Waals surface area (Å²) in [6, 6.07) is 4.74. The third-order valence-electron chi connectivity index (χ3n) is 2.58. The van der Waals surface area contributed by atoms with E-state index < -0.39 is 10.0 Å². The molecule has 4 nitrogen and oxygen atoms in total. The maximum Gasteiger partial charge on any atom is 0.242 e. The number of sulfonamides is 1. The molecule has 0 spiro atoms. The Morgan fingerprint density at radius 3 is 2.65 bits per heavy atom. The van der Waals surface area contributed by atoms with E-state index in [4.69, 9.17) is 5.73 Å². The van der Waals surface area contributed by atoms with E-state index in [2.05, 4.69) is 20.7 Å². The molecule has 0 saturated carbocycles. The molecule has 0 radical (unpaired) electrons. The van der Waals surface area contributed by atoms with Crippen molar-refractivity contribution in [3.05, 3.63) is 22.7 Å². The molecular weight excluding hydrogens is 304 g/mol. The molecule has 0 aliphatic heterocycles. The van der Waals surface area contributed by atoms with Crippen LogP contribution in [0.5, 0.6) is 0 Å². The number of hydrogen-bond donors (Lipinski definition) is 2. The highest BCUT2D eigenvalue weighted by molar-refractivity contribution is 9.10. The first-order chi connectivity index (χ1) is 7.86. The molecule has 0 heterocycles. The Bertz CT molecular complexity index is 488. The highest BCUT2D eigenvalue weighted by Gasteiger charge is 2.17. The quantitative estimate of drug-likeness (QED) is 0.818. The van der Waals surface area contributed by atoms with Crippen LogP contribution in [0.3, 0.4) is 0 Å². The SMILES string of the molecule is CCC(C)CNS(=O)(=O)c1ccc(Br)cc1N. The Morgan fingerprint density at radius 1 is 1.47 bits per heavy atom. The molecule has 1 atom stereocenters. The average Bonchev–Trinajstić information content (AvgIpc) is 2.25. The molecule has 17 heavy (non-hydrogen) atoms. The molecule has 0 aliphatic rings. The predicted octanol–water partition coefficient (Wildman–Crippen LogP) is 2.36. The lowest BCUT2D eigenvalue weighted by Gasteiger charge is -2.12. The van der Waals surface area contributed by atoms with Crippen LogP contribution in [0.1, 0.15) is 20.3 Å². The van der Waals surface area contributed by atoms with Crippen LogP contribution in [0.25, 0.3) is 0 Å². The maximum absolute atomic E-state index is 12.0. The van der Waals surface area contributed by atoms with Crippen LogP contribution >= 0.6 is 15.9 Å². The largest absolute Gasteiger partial charge is 0.398 e. The molecule has 3 N–H and O–H groups in total. The van der Waals surface area contributed by atoms with Gasteiger partial charge in [0.2, 0.25) is 10.0 Å². The summed E-state index contributed by atoms with van der Waals surface area (Å²) in [7, 11) is -3.51. The predicted molar refractivity (Wildman–Crippen MR) is 73.2 cm³/mol. The Balaban J connectivity index is 2.90. The number of rotatable bonds is 5. The molecule has 0 amide bonds. The van der Waals surface area contributed by atoms with Gasteiger partial charge in [0.25, 0.3) is 0 Å². The Hall–Kier alpha value is -0.590. The third-order valence-corrected chi connectivity index (χ3v) is 4.57. The molecule has 0 fully saturated rings. The molecule has 1 unspecified atom stereocenters. The van der Waals surface area contributed by atoms with E-state index in [9.17, 15) is 8.42 Å². The van der Waals surface area contributed by atoms with E-state index >= 15 is 0 Å². The third kappa shape index (κ3) is 3.97. The smallest absolute Gasteiger partial charge is 0.242 e. The second-order valence-electron chi connectivity index (χ2n) is 4.05. The number of hydrogen-bond acceptors (Lipinski definition) is 3. The van der Waals surface area contributed by atoms with Gasteiger partial charge < -0.3 is 5.73 Å². The van der Waals surface area contributed by atoms with Gasteiger partial charge in [-0.1, -0.05) is 36.2 Å². The van der Waals surface area contributed by atoms with Gasteiger partial charge >= 0.3 is 0 Å². The Kier molecular flexibility index (Phi) is 4.97. The van der Waals surface area contributed by atoms with Gasteiger partial charge in [-0.2, -0.15) is 0 Å². The number of nitrogens with one attached hydrogen (secondary N) is 1. The molecule has 0 aliphatic carbocycles. The molecule has 0 saturated heterocycles. The number of benzene rings is 1. The molecule has 1 aromatic rings. The van der Waals surface area contributed by atoms with Gasteiger partial charge in [0.15, 0.2) is 0 Å². The van der Waals surface area contributed by atoms with Crippen molar-refractivity contribution in [1.29, 1.82) is 0 Å². The van der Waals surface area contributed by atoms with Crippen LogP contribution in [0, 0.1) is 5.92 Å². The van der Waals surface area contributed by atoms with E-state index in [0.717, 1.165) is 10.9 Å². The minimum atomic E-state index is -3.51. The van der Waals surface area contributed by atoms with Crippen molar-refractivity contribution in [2.45, 2.75) is 25.2 Å². The van der Waals surface area contributed by atoms with Crippen molar-refractivity contribution in [2.24, 2.45) is 5.92 Å². The molecule has 0 aromatic heterocycles. The topological polar surface area (TPSA) is 72.2 Å². The molecule has 0 bridgehead atoms. The standard InChI is InChI=1S/C11H17BrN2O2S/c1-3-8(2)7-14-17(15,16)11-5-4-9(12)6-10(11)13/h4-6,8,14H,3,7,13H2,1-2H3. The summed E-state index contributed by atoms with van der Waals surface area (Å²) in [5, 5.41) is 0. The van der Waals surface area contributed by atoms with Gasteiger partial charge in [0, 0.05) is 11.0 Å². The Labute approximate surface area is 111 Å². The van der Waals surface area contributed by atoms with Gasteiger partial charge in [0.1, 0.15) is 4.90 Å². The van der Waals surface area contributed by atoms with E-state index in [-0.39, 0.29) is 10.6 Å². The van der Waals surface area contributed by atoms with Crippen molar-refractivity contribution in [2.75, 3.05) is 12.3 Å². The molecule has 1 rings (SSSR count). The van der Waals surface area contributed by atoms with Gasteiger partial charge in [0.05, 0.1) is 5.69 Å². The molecule has 1 aromatic carbocycles. The molecular formula is C11H17BrN2O2S. The van der Waals surface area contributed by atoms with Gasteiger partial charge in [-0.3, -0.25) is 0 Å². The summed E-state index contributed by atoms with van der Waals surface area (Å²) in [5.41, 5.74) is 5.94. The highest BCUT2D eigenvalue weighted by Crippen LogP contribution is 2.22. The van der Waals surface area contributed by atoms with Crippen LogP contribution in [-0.4, -0.2) is 15.0 Å². The fraction of sp³-hybridized carbons (Fsp3) is 0.455. The van der Waals surface area contributed by atoms with Crippen molar-refractivity contribution < 1.29 is 8.42 Å². The number of anilines is 1. The van der Waals surface area contributed by atoms with Crippen LogP contribution in [0.15, 0.2) is 27.6 Å². The van der Waals surface area contributed by atoms with E-state index in [0.29, 0.717) is 12.5 Å². The summed E-state index contributed by atoms with van der Waals surface area (Å²) in [6.07, 6.45) is 0.929. The zero-order valence-corrected chi connectivity index (χ0v) is 12.3. The average molecular weight is 321 g/mol. The summed E-state index contributed by atoms with van der Waals surface area (Å²) in [4.78, 5) is 0.129. The van der Waals surface area contributed by atoms with Crippen LogP contribution < -0.4 is 10.5 Å². The summed E-state index contributed by atoms with van der Waals surface area (Å²) in [5.74, 6) is 0.307. The number of nitrogen functional groups attached to an aromatic ring is 1. The highest BCUT2D eigenvalue weighted by atomic mass is 79.9. The van der Waals surface area contributed by atoms with Gasteiger partial charge in [-0.05, 0) is 24.1 Å². The van der Waals surface area contributed by atoms with Gasteiger partial charge in [-0.25, -0.2) is 13.1 Å². The van der Waals surface area contributed by atoms with Crippen molar-refractivity contribution in [1.82, 2.24) is 4.72 Å². The van der Waals surface area contributed by atoms with Crippen LogP contribution in [-0.2, 0) is 10.0 Å². The molecule has 6 heteroatoms. The fourth-order valence-corrected chi connectivity index (χ4v) is 2.89. The van der Waals surface area contributed by atoms with Gasteiger partial charge in [-0.15, -0.1) is 0 Å². The lowest BCUT2D eigenvalue weighted by Crippen LogP contribution is -2.28. The van der Waals surface area contributed by atoms with Crippen molar-refractivity contribution in [3.8, 4) is 0 Å². The summed E-state index contributed by atoms with van der Waals surface area (Å²) >= 11 is 3.24. The van der Waals surface area contributed by atoms with Crippen molar-refractivity contribution in [3.63, 3.8) is 0 Å². The first-order valence-electron chi connectivity index (χ1n) is 5.41. The second kappa shape index (κ2) is 5.84. The Morgan fingerprint density at radius 2 is 2.12 bits per heavy atom. The lowest BCUT2D eigenvalue weighted by atomic mass is 10.1.